The summed E-state index contributed by atoms with van der Waals surface area (Å²) in [4.78, 5) is 10.9. The lowest BCUT2D eigenvalue weighted by Gasteiger charge is -2.04. The maximum Gasteiger partial charge on any atom is 0.165 e. The molecule has 0 bridgehead atoms. The van der Waals surface area contributed by atoms with Crippen LogP contribution in [-0.2, 0) is 0 Å². The van der Waals surface area contributed by atoms with Gasteiger partial charge in [-0.05, 0) is 25.5 Å². The summed E-state index contributed by atoms with van der Waals surface area (Å²) >= 11 is 0. The van der Waals surface area contributed by atoms with E-state index in [2.05, 4.69) is 0 Å². The number of ketones is 1. The van der Waals surface area contributed by atoms with Crippen LogP contribution >= 0.6 is 0 Å². The molecule has 0 atom stereocenters. The molecule has 3 heteroatoms. The van der Waals surface area contributed by atoms with Crippen molar-refractivity contribution in [2.75, 3.05) is 0 Å². The number of aryl methyl sites for hydroxylation is 1. The molecular weight excluding hydrogens is 159 g/mol. The van der Waals surface area contributed by atoms with Crippen LogP contribution in [0.4, 0.5) is 4.39 Å². The molecule has 0 fully saturated rings. The van der Waals surface area contributed by atoms with Gasteiger partial charge in [-0.3, -0.25) is 4.79 Å². The highest BCUT2D eigenvalue weighted by molar-refractivity contribution is 5.98. The summed E-state index contributed by atoms with van der Waals surface area (Å²) in [5.74, 6) is -1.64. The molecule has 0 unspecified atom stereocenters. The molecule has 2 nitrogen and oxygen atoms in total. The van der Waals surface area contributed by atoms with E-state index in [1.54, 1.807) is 6.92 Å². The fraction of sp³-hybridized carbons (Fsp3) is 0.222. The van der Waals surface area contributed by atoms with E-state index in [9.17, 15) is 9.18 Å². The van der Waals surface area contributed by atoms with Crippen molar-refractivity contribution in [3.63, 3.8) is 0 Å². The number of carbonyl (C=O) groups excluding carboxylic acids is 1. The highest BCUT2D eigenvalue weighted by Gasteiger charge is 2.13. The molecule has 12 heavy (non-hydrogen) atoms. The molecule has 0 saturated carbocycles. The molecule has 0 aromatic heterocycles. The Hall–Kier alpha value is -1.38. The third kappa shape index (κ3) is 1.30. The Bertz CT molecular complexity index is 332. The molecule has 0 saturated heterocycles. The fourth-order valence-electron chi connectivity index (χ4n) is 1.11. The van der Waals surface area contributed by atoms with Gasteiger partial charge in [-0.1, -0.05) is 6.07 Å². The lowest BCUT2D eigenvalue weighted by Crippen LogP contribution is -1.98. The van der Waals surface area contributed by atoms with E-state index in [4.69, 9.17) is 5.11 Å². The first-order valence-corrected chi connectivity index (χ1v) is 3.53. The Kier molecular flexibility index (Phi) is 2.13. The average Bonchev–Trinajstić information content (AvgIpc) is 1.97. The lowest BCUT2D eigenvalue weighted by molar-refractivity contribution is 0.101. The maximum atomic E-state index is 12.7. The minimum Gasteiger partial charge on any atom is -0.504 e. The number of phenolic OH excluding ortho intramolecular Hbond substituents is 1. The summed E-state index contributed by atoms with van der Waals surface area (Å²) in [5.41, 5.74) is 0.649. The monoisotopic (exact) mass is 168 g/mol. The number of benzene rings is 1. The molecular formula is C9H9FO2. The molecule has 0 radical (unpaired) electrons. The summed E-state index contributed by atoms with van der Waals surface area (Å²) in [6.45, 7) is 2.94. The van der Waals surface area contributed by atoms with Gasteiger partial charge in [0.15, 0.2) is 17.3 Å². The van der Waals surface area contributed by atoms with Crippen molar-refractivity contribution in [3.8, 4) is 5.75 Å². The number of phenols is 1. The van der Waals surface area contributed by atoms with Crippen molar-refractivity contribution in [1.82, 2.24) is 0 Å². The summed E-state index contributed by atoms with van der Waals surface area (Å²) in [7, 11) is 0. The molecule has 1 aromatic rings. The molecule has 1 aromatic carbocycles. The van der Waals surface area contributed by atoms with Gasteiger partial charge in [-0.15, -0.1) is 0 Å². The smallest absolute Gasteiger partial charge is 0.165 e. The summed E-state index contributed by atoms with van der Waals surface area (Å²) in [5, 5.41) is 9.15. The van der Waals surface area contributed by atoms with Gasteiger partial charge in [0.25, 0.3) is 0 Å². The van der Waals surface area contributed by atoms with Gasteiger partial charge in [-0.2, -0.15) is 0 Å². The van der Waals surface area contributed by atoms with Crippen LogP contribution in [0.15, 0.2) is 12.1 Å². The largest absolute Gasteiger partial charge is 0.504 e. The third-order valence-corrected chi connectivity index (χ3v) is 1.69. The standard InChI is InChI=1S/C9H9FO2/c1-5-3-4-7(10)9(12)8(5)6(2)11/h3-4,12H,1-2H3. The molecule has 64 valence electrons. The van der Waals surface area contributed by atoms with E-state index < -0.39 is 11.6 Å². The van der Waals surface area contributed by atoms with Crippen molar-refractivity contribution in [2.45, 2.75) is 13.8 Å². The van der Waals surface area contributed by atoms with Crippen LogP contribution in [0.3, 0.4) is 0 Å². The third-order valence-electron chi connectivity index (χ3n) is 1.69. The number of rotatable bonds is 1. The number of halogens is 1. The molecule has 1 N–H and O–H groups in total. The van der Waals surface area contributed by atoms with Crippen LogP contribution in [-0.4, -0.2) is 10.9 Å². The van der Waals surface area contributed by atoms with Gasteiger partial charge in [0.2, 0.25) is 0 Å². The van der Waals surface area contributed by atoms with Crippen LogP contribution in [0.25, 0.3) is 0 Å². The highest BCUT2D eigenvalue weighted by Crippen LogP contribution is 2.24. The number of aromatic hydroxyl groups is 1. The number of hydrogen-bond donors (Lipinski definition) is 1. The van der Waals surface area contributed by atoms with Gasteiger partial charge < -0.3 is 5.11 Å². The topological polar surface area (TPSA) is 37.3 Å². The first kappa shape index (κ1) is 8.71. The summed E-state index contributed by atoms with van der Waals surface area (Å²) in [6, 6.07) is 2.60. The van der Waals surface area contributed by atoms with Crippen molar-refractivity contribution in [1.29, 1.82) is 0 Å². The Morgan fingerprint density at radius 2 is 2.08 bits per heavy atom. The maximum absolute atomic E-state index is 12.7. The average molecular weight is 168 g/mol. The molecule has 0 aliphatic heterocycles. The SMILES string of the molecule is CC(=O)c1c(C)ccc(F)c1O. The predicted octanol–water partition coefficient (Wildman–Crippen LogP) is 2.04. The van der Waals surface area contributed by atoms with Gasteiger partial charge in [0.05, 0.1) is 5.56 Å². The highest BCUT2D eigenvalue weighted by atomic mass is 19.1. The van der Waals surface area contributed by atoms with Crippen LogP contribution in [0, 0.1) is 12.7 Å². The van der Waals surface area contributed by atoms with E-state index in [-0.39, 0.29) is 11.3 Å². The summed E-state index contributed by atoms with van der Waals surface area (Å²) < 4.78 is 12.7. The zero-order chi connectivity index (χ0) is 9.30. The van der Waals surface area contributed by atoms with Gasteiger partial charge in [-0.25, -0.2) is 4.39 Å². The van der Waals surface area contributed by atoms with Crippen molar-refractivity contribution in [3.05, 3.63) is 29.1 Å². The van der Waals surface area contributed by atoms with Gasteiger partial charge in [0.1, 0.15) is 0 Å². The Labute approximate surface area is 69.6 Å². The second kappa shape index (κ2) is 2.93. The molecule has 1 rings (SSSR count). The van der Waals surface area contributed by atoms with Crippen LogP contribution in [0.1, 0.15) is 22.8 Å². The van der Waals surface area contributed by atoms with E-state index in [1.165, 1.54) is 13.0 Å². The Morgan fingerprint density at radius 1 is 1.50 bits per heavy atom. The van der Waals surface area contributed by atoms with Crippen LogP contribution in [0.5, 0.6) is 5.75 Å². The second-order valence-electron chi connectivity index (χ2n) is 2.64. The van der Waals surface area contributed by atoms with Crippen LogP contribution in [0.2, 0.25) is 0 Å². The number of carbonyl (C=O) groups is 1. The number of hydrogen-bond acceptors (Lipinski definition) is 2. The first-order chi connectivity index (χ1) is 5.54. The number of Topliss-reactive ketones (excluding diaryl/α,β-unsaturated/α-hetero) is 1. The lowest BCUT2D eigenvalue weighted by atomic mass is 10.0. The predicted molar refractivity (Wildman–Crippen MR) is 42.8 cm³/mol. The normalized spacial score (nSPS) is 9.92. The first-order valence-electron chi connectivity index (χ1n) is 3.53. The molecule has 0 spiro atoms. The fourth-order valence-corrected chi connectivity index (χ4v) is 1.11. The van der Waals surface area contributed by atoms with E-state index >= 15 is 0 Å². The Balaban J connectivity index is 3.43. The van der Waals surface area contributed by atoms with Gasteiger partial charge in [0, 0.05) is 0 Å². The zero-order valence-corrected chi connectivity index (χ0v) is 6.89. The molecule has 0 aliphatic rings. The van der Waals surface area contributed by atoms with E-state index in [1.807, 2.05) is 0 Å². The minimum atomic E-state index is -0.759. The molecule has 0 amide bonds. The van der Waals surface area contributed by atoms with E-state index in [0.717, 1.165) is 6.07 Å². The van der Waals surface area contributed by atoms with Crippen molar-refractivity contribution in [2.24, 2.45) is 0 Å². The quantitative estimate of drug-likeness (QED) is 0.651. The molecule has 0 aliphatic carbocycles. The minimum absolute atomic E-state index is 0.0648. The van der Waals surface area contributed by atoms with Crippen LogP contribution < -0.4 is 0 Å². The Morgan fingerprint density at radius 3 is 2.50 bits per heavy atom. The molecule has 0 heterocycles. The zero-order valence-electron chi connectivity index (χ0n) is 6.89. The second-order valence-corrected chi connectivity index (χ2v) is 2.64. The van der Waals surface area contributed by atoms with E-state index in [0.29, 0.717) is 5.56 Å². The van der Waals surface area contributed by atoms with Crippen molar-refractivity contribution >= 4 is 5.78 Å². The van der Waals surface area contributed by atoms with Crippen molar-refractivity contribution < 1.29 is 14.3 Å². The van der Waals surface area contributed by atoms with Gasteiger partial charge >= 0.3 is 0 Å². The summed E-state index contributed by atoms with van der Waals surface area (Å²) in [6.07, 6.45) is 0.